The first kappa shape index (κ1) is 17.1. The van der Waals surface area contributed by atoms with E-state index in [1.54, 1.807) is 28.8 Å². The van der Waals surface area contributed by atoms with Gasteiger partial charge < -0.3 is 14.4 Å². The second kappa shape index (κ2) is 6.76. The Morgan fingerprint density at radius 1 is 1.04 bits per heavy atom. The van der Waals surface area contributed by atoms with Gasteiger partial charge in [-0.25, -0.2) is 9.36 Å². The molecule has 136 valence electrons. The van der Waals surface area contributed by atoms with Crippen LogP contribution in [0.5, 0.6) is 5.75 Å². The molecule has 1 aliphatic heterocycles. The van der Waals surface area contributed by atoms with Crippen LogP contribution in [0.2, 0.25) is 0 Å². The predicted molar refractivity (Wildman–Crippen MR) is 99.3 cm³/mol. The molecule has 1 atom stereocenters. The van der Waals surface area contributed by atoms with E-state index in [2.05, 4.69) is 4.98 Å². The van der Waals surface area contributed by atoms with Crippen molar-refractivity contribution in [3.05, 3.63) is 65.1 Å². The summed E-state index contributed by atoms with van der Waals surface area (Å²) in [7, 11) is -3.91. The number of piperidine rings is 1. The van der Waals surface area contributed by atoms with Crippen molar-refractivity contribution in [1.29, 1.82) is 0 Å². The molecule has 7 nitrogen and oxygen atoms in total. The molecule has 1 aromatic heterocycles. The lowest BCUT2D eigenvalue weighted by molar-refractivity contribution is 0.218. The molecule has 26 heavy (non-hydrogen) atoms. The van der Waals surface area contributed by atoms with Crippen molar-refractivity contribution in [3.8, 4) is 5.75 Å². The van der Waals surface area contributed by atoms with Crippen LogP contribution >= 0.6 is 7.75 Å². The predicted octanol–water partition coefficient (Wildman–Crippen LogP) is 3.15. The monoisotopic (exact) mass is 373 g/mol. The summed E-state index contributed by atoms with van der Waals surface area (Å²) in [6.45, 7) is 0.772. The first-order valence-corrected chi connectivity index (χ1v) is 10.1. The Balaban J connectivity index is 1.49. The summed E-state index contributed by atoms with van der Waals surface area (Å²) in [5.74, 6) is 0.369. The van der Waals surface area contributed by atoms with Gasteiger partial charge >= 0.3 is 13.4 Å². The van der Waals surface area contributed by atoms with Crippen LogP contribution in [-0.2, 0) is 4.57 Å². The van der Waals surface area contributed by atoms with Gasteiger partial charge in [-0.3, -0.25) is 4.57 Å². The smallest absolute Gasteiger partial charge is 0.413 e. The van der Waals surface area contributed by atoms with Crippen LogP contribution in [0.1, 0.15) is 18.9 Å². The Morgan fingerprint density at radius 3 is 2.42 bits per heavy atom. The standard InChI is InChI=1S/C18H20N3O4P/c22-18-19-16-8-4-5-9-17(16)21(18)14-10-12-20(13-11-14)26(23,24)25-15-6-2-1-3-7-15/h1-9,14H,10-13H2,(H,19,22)(H,23,24). The maximum Gasteiger partial charge on any atom is 0.458 e. The summed E-state index contributed by atoms with van der Waals surface area (Å²) in [6.07, 6.45) is 1.20. The van der Waals surface area contributed by atoms with Gasteiger partial charge in [0, 0.05) is 19.1 Å². The summed E-state index contributed by atoms with van der Waals surface area (Å²) in [4.78, 5) is 25.5. The van der Waals surface area contributed by atoms with E-state index in [0.717, 1.165) is 11.0 Å². The molecule has 0 radical (unpaired) electrons. The number of imidazole rings is 1. The number of fused-ring (bicyclic) bond motifs is 1. The molecular formula is C18H20N3O4P. The molecule has 1 unspecified atom stereocenters. The van der Waals surface area contributed by atoms with E-state index in [1.807, 2.05) is 30.3 Å². The Labute approximate surface area is 150 Å². The first-order chi connectivity index (χ1) is 12.5. The number of rotatable bonds is 4. The maximum atomic E-state index is 12.6. The number of H-pyrrole nitrogens is 1. The zero-order chi connectivity index (χ0) is 18.1. The van der Waals surface area contributed by atoms with Crippen molar-refractivity contribution in [1.82, 2.24) is 14.2 Å². The zero-order valence-corrected chi connectivity index (χ0v) is 15.0. The van der Waals surface area contributed by atoms with Crippen LogP contribution in [0.15, 0.2) is 59.4 Å². The number of hydrogen-bond acceptors (Lipinski definition) is 3. The summed E-state index contributed by atoms with van der Waals surface area (Å²) in [5, 5.41) is 0. The molecule has 0 spiro atoms. The second-order valence-corrected chi connectivity index (χ2v) is 8.13. The van der Waals surface area contributed by atoms with E-state index in [-0.39, 0.29) is 11.7 Å². The van der Waals surface area contributed by atoms with Crippen LogP contribution < -0.4 is 10.2 Å². The molecule has 0 aliphatic carbocycles. The first-order valence-electron chi connectivity index (χ1n) is 8.57. The number of aromatic nitrogens is 2. The normalized spacial score (nSPS) is 18.7. The highest BCUT2D eigenvalue weighted by molar-refractivity contribution is 7.50. The van der Waals surface area contributed by atoms with E-state index in [0.29, 0.717) is 31.7 Å². The SMILES string of the molecule is O=c1[nH]c2ccccc2n1C1CCN(P(=O)(O)Oc2ccccc2)CC1. The summed E-state index contributed by atoms with van der Waals surface area (Å²) in [5.41, 5.74) is 1.53. The third-order valence-electron chi connectivity index (χ3n) is 4.75. The topological polar surface area (TPSA) is 87.6 Å². The fourth-order valence-corrected chi connectivity index (χ4v) is 4.72. The van der Waals surface area contributed by atoms with E-state index in [1.165, 1.54) is 4.67 Å². The van der Waals surface area contributed by atoms with Crippen molar-refractivity contribution in [3.63, 3.8) is 0 Å². The van der Waals surface area contributed by atoms with Gasteiger partial charge in [-0.05, 0) is 37.1 Å². The largest absolute Gasteiger partial charge is 0.458 e. The van der Waals surface area contributed by atoms with Gasteiger partial charge in [0.05, 0.1) is 11.0 Å². The van der Waals surface area contributed by atoms with Crippen molar-refractivity contribution in [2.75, 3.05) is 13.1 Å². The Bertz CT molecular complexity index is 1010. The van der Waals surface area contributed by atoms with E-state index in [9.17, 15) is 14.3 Å². The number of nitrogens with one attached hydrogen (secondary N) is 1. The highest BCUT2D eigenvalue weighted by atomic mass is 31.2. The Hall–Kier alpha value is -2.34. The van der Waals surface area contributed by atoms with E-state index in [4.69, 9.17) is 4.52 Å². The second-order valence-electron chi connectivity index (χ2n) is 6.40. The van der Waals surface area contributed by atoms with Gasteiger partial charge in [0.2, 0.25) is 0 Å². The fourth-order valence-electron chi connectivity index (χ4n) is 3.48. The number of nitrogens with zero attached hydrogens (tertiary/aromatic N) is 2. The minimum absolute atomic E-state index is 0.00775. The molecule has 2 aromatic carbocycles. The molecule has 2 N–H and O–H groups in total. The number of aromatic amines is 1. The maximum absolute atomic E-state index is 12.6. The van der Waals surface area contributed by atoms with Crippen LogP contribution in [-0.4, -0.2) is 32.2 Å². The van der Waals surface area contributed by atoms with Crippen molar-refractivity contribution in [2.45, 2.75) is 18.9 Å². The van der Waals surface area contributed by atoms with E-state index < -0.39 is 7.75 Å². The number of para-hydroxylation sites is 3. The minimum atomic E-state index is -3.91. The van der Waals surface area contributed by atoms with Gasteiger partial charge in [-0.1, -0.05) is 30.3 Å². The summed E-state index contributed by atoms with van der Waals surface area (Å²) < 4.78 is 21.1. The zero-order valence-electron chi connectivity index (χ0n) is 14.1. The highest BCUT2D eigenvalue weighted by Gasteiger charge is 2.35. The lowest BCUT2D eigenvalue weighted by Crippen LogP contribution is -2.36. The highest BCUT2D eigenvalue weighted by Crippen LogP contribution is 2.48. The molecule has 4 rings (SSSR count). The van der Waals surface area contributed by atoms with Crippen molar-refractivity contribution >= 4 is 18.8 Å². The Morgan fingerprint density at radius 2 is 1.69 bits per heavy atom. The molecule has 0 saturated carbocycles. The summed E-state index contributed by atoms with van der Waals surface area (Å²) in [6, 6.07) is 16.2. The van der Waals surface area contributed by atoms with Gasteiger partial charge in [0.1, 0.15) is 5.75 Å². The van der Waals surface area contributed by atoms with Crippen LogP contribution in [0.3, 0.4) is 0 Å². The fraction of sp³-hybridized carbons (Fsp3) is 0.278. The lowest BCUT2D eigenvalue weighted by Gasteiger charge is -2.33. The number of benzene rings is 2. The third-order valence-corrected chi connectivity index (χ3v) is 6.32. The van der Waals surface area contributed by atoms with Crippen molar-refractivity contribution < 1.29 is 14.0 Å². The molecule has 1 aliphatic rings. The average Bonchev–Trinajstić information content (AvgIpc) is 2.98. The summed E-state index contributed by atoms with van der Waals surface area (Å²) >= 11 is 0. The number of hydrogen-bond donors (Lipinski definition) is 2. The van der Waals surface area contributed by atoms with Crippen LogP contribution in [0, 0.1) is 0 Å². The van der Waals surface area contributed by atoms with Crippen LogP contribution in [0.4, 0.5) is 0 Å². The quantitative estimate of drug-likeness (QED) is 0.686. The molecule has 2 heterocycles. The molecule has 1 saturated heterocycles. The molecule has 8 heteroatoms. The third kappa shape index (κ3) is 3.21. The van der Waals surface area contributed by atoms with E-state index >= 15 is 0 Å². The average molecular weight is 373 g/mol. The van der Waals surface area contributed by atoms with Gasteiger partial charge in [0.15, 0.2) is 0 Å². The molecule has 0 bridgehead atoms. The van der Waals surface area contributed by atoms with Crippen molar-refractivity contribution in [2.24, 2.45) is 0 Å². The van der Waals surface area contributed by atoms with Gasteiger partial charge in [-0.2, -0.15) is 4.67 Å². The minimum Gasteiger partial charge on any atom is -0.413 e. The lowest BCUT2D eigenvalue weighted by atomic mass is 10.1. The molecule has 1 fully saturated rings. The van der Waals surface area contributed by atoms with Gasteiger partial charge in [-0.15, -0.1) is 0 Å². The molecule has 3 aromatic rings. The molecular weight excluding hydrogens is 353 g/mol. The van der Waals surface area contributed by atoms with Gasteiger partial charge in [0.25, 0.3) is 0 Å². The molecule has 0 amide bonds. The van der Waals surface area contributed by atoms with Crippen LogP contribution in [0.25, 0.3) is 11.0 Å². The Kier molecular flexibility index (Phi) is 4.44.